The van der Waals surface area contributed by atoms with E-state index in [0.29, 0.717) is 66.2 Å². The molecule has 0 saturated carbocycles. The van der Waals surface area contributed by atoms with Crippen molar-refractivity contribution < 1.29 is 0 Å². The molecule has 0 fully saturated rings. The van der Waals surface area contributed by atoms with E-state index >= 15 is 0 Å². The summed E-state index contributed by atoms with van der Waals surface area (Å²) in [5.41, 5.74) is 28.5. The Morgan fingerprint density at radius 1 is 0.318 bits per heavy atom. The van der Waals surface area contributed by atoms with Crippen LogP contribution in [-0.4, -0.2) is 59.8 Å². The second-order valence-corrected chi connectivity index (χ2v) is 23.7. The lowest BCUT2D eigenvalue weighted by Crippen LogP contribution is -2.21. The van der Waals surface area contributed by atoms with Crippen molar-refractivity contribution in [2.24, 2.45) is 11.8 Å². The summed E-state index contributed by atoms with van der Waals surface area (Å²) in [5, 5.41) is 0. The van der Waals surface area contributed by atoms with Gasteiger partial charge in [-0.3, -0.25) is 0 Å². The Hall–Kier alpha value is -12.0. The molecule has 88 heavy (non-hydrogen) atoms. The number of rotatable bonds is 3. The van der Waals surface area contributed by atoms with Crippen molar-refractivity contribution in [2.75, 3.05) is 0 Å². The normalized spacial score (nSPS) is 17.7. The van der Waals surface area contributed by atoms with E-state index in [1.54, 1.807) is 0 Å². The van der Waals surface area contributed by atoms with Gasteiger partial charge in [0.15, 0.2) is 0 Å². The monoisotopic (exact) mass is 1130 g/mol. The molecule has 4 unspecified atom stereocenters. The Morgan fingerprint density at radius 2 is 0.602 bits per heavy atom. The highest BCUT2D eigenvalue weighted by atomic mass is 15.0. The molecular formula is C76H46N12. The van der Waals surface area contributed by atoms with Crippen molar-refractivity contribution in [2.45, 2.75) is 24.7 Å². The van der Waals surface area contributed by atoms with Crippen LogP contribution in [0.15, 0.2) is 182 Å². The third kappa shape index (κ3) is 6.84. The largest absolute Gasteiger partial charge is 0.358 e. The number of nitrogens with one attached hydrogen (secondary N) is 6. The molecule has 19 rings (SSSR count). The maximum atomic E-state index is 6.02. The quantitative estimate of drug-likeness (QED) is 0.0584. The molecular weight excluding hydrogens is 1080 g/mol. The first-order valence-electron chi connectivity index (χ1n) is 29.5. The number of terminal acetylenes is 3. The van der Waals surface area contributed by atoms with Crippen molar-refractivity contribution in [1.82, 2.24) is 59.8 Å². The predicted molar refractivity (Wildman–Crippen MR) is 348 cm³/mol. The number of aromatic nitrogens is 12. The lowest BCUT2D eigenvalue weighted by atomic mass is 9.75. The molecule has 9 aromatic heterocycles. The van der Waals surface area contributed by atoms with E-state index < -0.39 is 0 Å². The molecule has 0 spiro atoms. The van der Waals surface area contributed by atoms with Crippen LogP contribution >= 0.6 is 0 Å². The van der Waals surface area contributed by atoms with Crippen LogP contribution in [0.1, 0.15) is 81.1 Å². The Labute approximate surface area is 502 Å². The van der Waals surface area contributed by atoms with Crippen molar-refractivity contribution in [3.63, 3.8) is 0 Å². The molecule has 0 radical (unpaired) electrons. The minimum absolute atomic E-state index is 0.0421. The average Bonchev–Trinajstić information content (AvgIpc) is 0.980. The summed E-state index contributed by atoms with van der Waals surface area (Å²) < 4.78 is 0. The van der Waals surface area contributed by atoms with Crippen LogP contribution < -0.4 is 0 Å². The Balaban J connectivity index is 0.984. The van der Waals surface area contributed by atoms with E-state index in [9.17, 15) is 0 Å². The standard InChI is InChI=1S/C76H46N12/c1-5-38-8-13-41(14-9-38)62-56-30-24-50(77-56)44-18-19-45-51-25-31-57(78-51)63(42-15-10-39(6-2)11-16-42)59-33-27-53(80-59)47-21-23-49-55-29-35-61(82-55)64(43-17-12-40(7-3)36-37(43)4)60-34-28-54(81-60)48-22-20-46(52-26-32-58(62)79-52)67-69(48)87-75-73(85-67)71-72(84-66(45)65(44)83-71)74-76(75)88-70(49)68(47)86-74/h1-3,8-37,43,62-64,77-82H,4H3. The molecule has 3 aliphatic heterocycles. The van der Waals surface area contributed by atoms with Gasteiger partial charge in [-0.15, -0.1) is 19.3 Å². The van der Waals surface area contributed by atoms with Crippen molar-refractivity contribution in [3.05, 3.63) is 238 Å². The summed E-state index contributed by atoms with van der Waals surface area (Å²) in [4.78, 5) is 58.8. The lowest BCUT2D eigenvalue weighted by Gasteiger charge is -2.29. The smallest absolute Gasteiger partial charge is 0.120 e. The van der Waals surface area contributed by atoms with Crippen molar-refractivity contribution >= 4 is 66.2 Å². The van der Waals surface area contributed by atoms with E-state index in [1.165, 1.54) is 0 Å². The van der Waals surface area contributed by atoms with E-state index in [0.717, 1.165) is 130 Å². The second kappa shape index (κ2) is 17.8. The van der Waals surface area contributed by atoms with Gasteiger partial charge in [0.1, 0.15) is 33.1 Å². The maximum Gasteiger partial charge on any atom is 0.120 e. The molecule has 12 heterocycles. The van der Waals surface area contributed by atoms with Crippen molar-refractivity contribution in [3.8, 4) is 105 Å². The predicted octanol–water partition coefficient (Wildman–Crippen LogP) is 15.7. The molecule has 6 aromatic carbocycles. The fourth-order valence-electron chi connectivity index (χ4n) is 14.7. The van der Waals surface area contributed by atoms with Crippen LogP contribution in [0.2, 0.25) is 0 Å². The molecule has 4 atom stereocenters. The van der Waals surface area contributed by atoms with E-state index in [-0.39, 0.29) is 29.6 Å². The molecule has 4 aliphatic rings. The van der Waals surface area contributed by atoms with Gasteiger partial charge in [0, 0.05) is 124 Å². The van der Waals surface area contributed by atoms with Crippen LogP contribution in [0, 0.1) is 48.9 Å². The van der Waals surface area contributed by atoms with E-state index in [4.69, 9.17) is 49.2 Å². The van der Waals surface area contributed by atoms with Crippen molar-refractivity contribution in [1.29, 1.82) is 0 Å². The average molecular weight is 1130 g/mol. The van der Waals surface area contributed by atoms with E-state index in [2.05, 4.69) is 206 Å². The van der Waals surface area contributed by atoms with Gasteiger partial charge in [-0.25, -0.2) is 29.9 Å². The van der Waals surface area contributed by atoms with Gasteiger partial charge in [0.05, 0.1) is 44.9 Å². The third-order valence-corrected chi connectivity index (χ3v) is 19.0. The van der Waals surface area contributed by atoms with Crippen LogP contribution in [0.25, 0.3) is 134 Å². The number of H-pyrrole nitrogens is 6. The van der Waals surface area contributed by atoms with Crippen LogP contribution in [0.4, 0.5) is 0 Å². The van der Waals surface area contributed by atoms with Gasteiger partial charge < -0.3 is 29.9 Å². The van der Waals surface area contributed by atoms with Gasteiger partial charge in [-0.05, 0) is 156 Å². The molecule has 410 valence electrons. The fraction of sp³-hybridized carbons (Fsp3) is 0.0789. The zero-order chi connectivity index (χ0) is 58.2. The number of aromatic amines is 6. The second-order valence-electron chi connectivity index (χ2n) is 23.7. The van der Waals surface area contributed by atoms with E-state index in [1.807, 2.05) is 24.3 Å². The first-order chi connectivity index (χ1) is 43.3. The van der Waals surface area contributed by atoms with Crippen LogP contribution in [0.5, 0.6) is 0 Å². The summed E-state index contributed by atoms with van der Waals surface area (Å²) in [6.07, 6.45) is 24.4. The highest BCUT2D eigenvalue weighted by molar-refractivity contribution is 6.23. The summed E-state index contributed by atoms with van der Waals surface area (Å²) in [6.45, 7) is 2.25. The molecule has 0 amide bonds. The van der Waals surface area contributed by atoms with Gasteiger partial charge in [0.25, 0.3) is 0 Å². The zero-order valence-electron chi connectivity index (χ0n) is 47.0. The number of benzene rings is 6. The van der Waals surface area contributed by atoms with Crippen LogP contribution in [-0.2, 0) is 0 Å². The minimum Gasteiger partial charge on any atom is -0.358 e. The molecule has 15 aromatic rings. The number of hydrogen-bond donors (Lipinski definition) is 6. The Morgan fingerprint density at radius 3 is 0.875 bits per heavy atom. The number of hydrogen-bond acceptors (Lipinski definition) is 6. The van der Waals surface area contributed by atoms with Gasteiger partial charge in [-0.1, -0.05) is 67.2 Å². The summed E-state index contributed by atoms with van der Waals surface area (Å²) in [5.74, 6) is 8.02. The first kappa shape index (κ1) is 48.3. The fourth-order valence-corrected chi connectivity index (χ4v) is 14.7. The third-order valence-electron chi connectivity index (χ3n) is 19.0. The highest BCUT2D eigenvalue weighted by Gasteiger charge is 2.34. The first-order valence-corrected chi connectivity index (χ1v) is 29.5. The van der Waals surface area contributed by atoms with Gasteiger partial charge in [0.2, 0.25) is 0 Å². The van der Waals surface area contributed by atoms with Gasteiger partial charge >= 0.3 is 0 Å². The zero-order valence-corrected chi connectivity index (χ0v) is 47.0. The Kier molecular flexibility index (Phi) is 9.76. The number of nitrogens with zero attached hydrogens (tertiary/aromatic N) is 6. The highest BCUT2D eigenvalue weighted by Crippen LogP contribution is 2.48. The summed E-state index contributed by atoms with van der Waals surface area (Å²) in [6, 6.07) is 55.5. The number of fused-ring (bicyclic) bond motifs is 18. The minimum atomic E-state index is -0.250. The Bertz CT molecular complexity index is 5460. The molecule has 6 N–H and O–H groups in total. The molecule has 0 saturated heterocycles. The van der Waals surface area contributed by atoms with Gasteiger partial charge in [-0.2, -0.15) is 0 Å². The maximum absolute atomic E-state index is 6.02. The molecule has 12 heteroatoms. The summed E-state index contributed by atoms with van der Waals surface area (Å²) >= 11 is 0. The molecule has 1 aliphatic carbocycles. The topological polar surface area (TPSA) is 172 Å². The molecule has 12 nitrogen and oxygen atoms in total. The van der Waals surface area contributed by atoms with Crippen LogP contribution in [0.3, 0.4) is 0 Å². The summed E-state index contributed by atoms with van der Waals surface area (Å²) in [7, 11) is 0. The SMILES string of the molecule is C#CC1=CC(C)C(C2c3ccc([nH]3)-c3ccc4c5nc6c7nc8c(ccc9c8nc7c7nc8c(ccc(c8nc7c6nc35)-c3ccc2[nH]3)-c2ccc([nH]2)C(c2ccc(C#C)cc2)c2ccc-9[nH]2)-c2ccc([nH]2)C(c2ccc(C#C)cc2)c2ccc-4[nH]2)C=C1. The number of allylic oxidation sites excluding steroid dienone is 4. The lowest BCUT2D eigenvalue weighted by molar-refractivity contribution is 0.444. The molecule has 24 bridgehead atoms.